The Morgan fingerprint density at radius 2 is 2.38 bits per heavy atom. The molecule has 88 valence electrons. The smallest absolute Gasteiger partial charge is 0.263 e. The summed E-state index contributed by atoms with van der Waals surface area (Å²) in [7, 11) is -2.95. The number of amides is 1. The average molecular weight is 260 g/mol. The van der Waals surface area contributed by atoms with Gasteiger partial charge in [-0.05, 0) is 13.3 Å². The molecule has 0 aromatic carbocycles. The molecule has 1 aromatic heterocycles. The predicted octanol–water partition coefficient (Wildman–Crippen LogP) is 0.368. The van der Waals surface area contributed by atoms with Crippen molar-refractivity contribution >= 4 is 27.1 Å². The molecule has 1 fully saturated rings. The molecule has 1 aliphatic rings. The molecule has 0 aliphatic carbocycles. The number of hydrogen-bond donors (Lipinski definition) is 1. The van der Waals surface area contributed by atoms with Crippen LogP contribution in [0.15, 0.2) is 6.20 Å². The minimum Gasteiger partial charge on any atom is -0.348 e. The third-order valence-electron chi connectivity index (χ3n) is 2.41. The average Bonchev–Trinajstić information content (AvgIpc) is 2.73. The molecule has 5 nitrogen and oxygen atoms in total. The Balaban J connectivity index is 1.99. The first-order chi connectivity index (χ1) is 7.46. The standard InChI is InChI=1S/C9H12N2O3S2/c1-6-10-4-8(15-6)9(12)11-7-2-3-16(13,14)5-7/h4,7H,2-3,5H2,1H3,(H,11,12). The summed E-state index contributed by atoms with van der Waals surface area (Å²) in [5.41, 5.74) is 0. The van der Waals surface area contributed by atoms with Gasteiger partial charge in [-0.25, -0.2) is 13.4 Å². The van der Waals surface area contributed by atoms with Gasteiger partial charge in [-0.15, -0.1) is 11.3 Å². The zero-order valence-electron chi connectivity index (χ0n) is 8.76. The van der Waals surface area contributed by atoms with E-state index in [9.17, 15) is 13.2 Å². The Kier molecular flexibility index (Phi) is 2.98. The van der Waals surface area contributed by atoms with Gasteiger partial charge in [-0.3, -0.25) is 4.79 Å². The molecule has 1 saturated heterocycles. The molecule has 1 unspecified atom stereocenters. The summed E-state index contributed by atoms with van der Waals surface area (Å²) in [6, 6.07) is -0.250. The van der Waals surface area contributed by atoms with Crippen LogP contribution in [0.5, 0.6) is 0 Å². The second-order valence-electron chi connectivity index (χ2n) is 3.82. The maximum absolute atomic E-state index is 11.7. The normalized spacial score (nSPS) is 23.2. The fourth-order valence-corrected chi connectivity index (χ4v) is 3.99. The monoisotopic (exact) mass is 260 g/mol. The van der Waals surface area contributed by atoms with Crippen molar-refractivity contribution in [3.63, 3.8) is 0 Å². The highest BCUT2D eigenvalue weighted by atomic mass is 32.2. The van der Waals surface area contributed by atoms with Crippen molar-refractivity contribution in [3.8, 4) is 0 Å². The Bertz CT molecular complexity index is 507. The van der Waals surface area contributed by atoms with E-state index in [1.54, 1.807) is 0 Å². The highest BCUT2D eigenvalue weighted by molar-refractivity contribution is 7.91. The summed E-state index contributed by atoms with van der Waals surface area (Å²) in [5.74, 6) is -0.0105. The lowest BCUT2D eigenvalue weighted by molar-refractivity contribution is 0.0945. The van der Waals surface area contributed by atoms with E-state index in [1.807, 2.05) is 6.92 Å². The first-order valence-electron chi connectivity index (χ1n) is 4.90. The van der Waals surface area contributed by atoms with Gasteiger partial charge in [0.1, 0.15) is 4.88 Å². The van der Waals surface area contributed by atoms with Crippen molar-refractivity contribution in [2.45, 2.75) is 19.4 Å². The number of hydrogen-bond acceptors (Lipinski definition) is 5. The van der Waals surface area contributed by atoms with Crippen molar-refractivity contribution in [1.29, 1.82) is 0 Å². The van der Waals surface area contributed by atoms with Crippen LogP contribution in [-0.2, 0) is 9.84 Å². The third-order valence-corrected chi connectivity index (χ3v) is 5.09. The Morgan fingerprint density at radius 1 is 1.62 bits per heavy atom. The Hall–Kier alpha value is -0.950. The van der Waals surface area contributed by atoms with Crippen LogP contribution in [-0.4, -0.2) is 36.9 Å². The van der Waals surface area contributed by atoms with Gasteiger partial charge in [-0.1, -0.05) is 0 Å². The highest BCUT2D eigenvalue weighted by Gasteiger charge is 2.29. The minimum absolute atomic E-state index is 0.0521. The molecule has 1 aliphatic heterocycles. The molecule has 1 atom stereocenters. The topological polar surface area (TPSA) is 76.1 Å². The van der Waals surface area contributed by atoms with E-state index in [-0.39, 0.29) is 23.5 Å². The number of rotatable bonds is 2. The van der Waals surface area contributed by atoms with E-state index in [0.717, 1.165) is 5.01 Å². The molecular formula is C9H12N2O3S2. The summed E-state index contributed by atoms with van der Waals surface area (Å²) >= 11 is 1.31. The number of carbonyl (C=O) groups is 1. The lowest BCUT2D eigenvalue weighted by Crippen LogP contribution is -2.35. The number of nitrogens with zero attached hydrogens (tertiary/aromatic N) is 1. The van der Waals surface area contributed by atoms with Gasteiger partial charge >= 0.3 is 0 Å². The fraction of sp³-hybridized carbons (Fsp3) is 0.556. The number of aromatic nitrogens is 1. The quantitative estimate of drug-likeness (QED) is 0.833. The lowest BCUT2D eigenvalue weighted by atomic mass is 10.2. The summed E-state index contributed by atoms with van der Waals surface area (Å²) in [6.07, 6.45) is 2.02. The van der Waals surface area contributed by atoms with Crippen LogP contribution in [0.2, 0.25) is 0 Å². The van der Waals surface area contributed by atoms with Crippen molar-refractivity contribution in [2.24, 2.45) is 0 Å². The van der Waals surface area contributed by atoms with Gasteiger partial charge < -0.3 is 5.32 Å². The van der Waals surface area contributed by atoms with Gasteiger partial charge in [0.25, 0.3) is 5.91 Å². The number of carbonyl (C=O) groups excluding carboxylic acids is 1. The fourth-order valence-electron chi connectivity index (χ4n) is 1.63. The van der Waals surface area contributed by atoms with Crippen LogP contribution in [0.1, 0.15) is 21.1 Å². The number of nitrogens with one attached hydrogen (secondary N) is 1. The van der Waals surface area contributed by atoms with E-state index >= 15 is 0 Å². The predicted molar refractivity (Wildman–Crippen MR) is 61.4 cm³/mol. The van der Waals surface area contributed by atoms with E-state index < -0.39 is 9.84 Å². The maximum atomic E-state index is 11.7. The SMILES string of the molecule is Cc1ncc(C(=O)NC2CCS(=O)(=O)C2)s1. The van der Waals surface area contributed by atoms with E-state index in [1.165, 1.54) is 17.5 Å². The molecule has 2 rings (SSSR count). The Labute approximate surface area is 97.8 Å². The zero-order chi connectivity index (χ0) is 11.8. The molecule has 2 heterocycles. The van der Waals surface area contributed by atoms with Crippen molar-refractivity contribution in [1.82, 2.24) is 10.3 Å². The molecule has 0 radical (unpaired) electrons. The van der Waals surface area contributed by atoms with Crippen LogP contribution in [0.4, 0.5) is 0 Å². The maximum Gasteiger partial charge on any atom is 0.263 e. The first-order valence-corrected chi connectivity index (χ1v) is 7.54. The molecule has 1 amide bonds. The van der Waals surface area contributed by atoms with Crippen LogP contribution >= 0.6 is 11.3 Å². The number of thiazole rings is 1. The van der Waals surface area contributed by atoms with Gasteiger partial charge in [-0.2, -0.15) is 0 Å². The van der Waals surface area contributed by atoms with Crippen molar-refractivity contribution in [2.75, 3.05) is 11.5 Å². The molecule has 0 spiro atoms. The molecule has 7 heteroatoms. The van der Waals surface area contributed by atoms with E-state index in [2.05, 4.69) is 10.3 Å². The van der Waals surface area contributed by atoms with Crippen LogP contribution in [0, 0.1) is 6.92 Å². The molecular weight excluding hydrogens is 248 g/mol. The first kappa shape index (κ1) is 11.5. The third kappa shape index (κ3) is 2.59. The molecule has 0 bridgehead atoms. The van der Waals surface area contributed by atoms with Crippen LogP contribution in [0.25, 0.3) is 0 Å². The van der Waals surface area contributed by atoms with Crippen LogP contribution < -0.4 is 5.32 Å². The van der Waals surface area contributed by atoms with Crippen molar-refractivity contribution < 1.29 is 13.2 Å². The summed E-state index contributed by atoms with van der Waals surface area (Å²) in [6.45, 7) is 1.82. The highest BCUT2D eigenvalue weighted by Crippen LogP contribution is 2.15. The van der Waals surface area contributed by atoms with E-state index in [4.69, 9.17) is 0 Å². The van der Waals surface area contributed by atoms with Gasteiger partial charge in [0.15, 0.2) is 9.84 Å². The van der Waals surface area contributed by atoms with E-state index in [0.29, 0.717) is 11.3 Å². The van der Waals surface area contributed by atoms with Gasteiger partial charge in [0.2, 0.25) is 0 Å². The summed E-state index contributed by atoms with van der Waals surface area (Å²) < 4.78 is 22.4. The number of aryl methyl sites for hydroxylation is 1. The zero-order valence-corrected chi connectivity index (χ0v) is 10.4. The Morgan fingerprint density at radius 3 is 2.88 bits per heavy atom. The molecule has 1 N–H and O–H groups in total. The lowest BCUT2D eigenvalue weighted by Gasteiger charge is -2.08. The molecule has 16 heavy (non-hydrogen) atoms. The van der Waals surface area contributed by atoms with Gasteiger partial charge in [0, 0.05) is 6.04 Å². The second-order valence-corrected chi connectivity index (χ2v) is 7.28. The molecule has 0 saturated carbocycles. The molecule has 1 aromatic rings. The van der Waals surface area contributed by atoms with Crippen LogP contribution in [0.3, 0.4) is 0 Å². The van der Waals surface area contributed by atoms with Crippen molar-refractivity contribution in [3.05, 3.63) is 16.1 Å². The van der Waals surface area contributed by atoms with Gasteiger partial charge in [0.05, 0.1) is 22.7 Å². The summed E-state index contributed by atoms with van der Waals surface area (Å²) in [5, 5.41) is 3.54. The second kappa shape index (κ2) is 4.14. The minimum atomic E-state index is -2.95. The largest absolute Gasteiger partial charge is 0.348 e. The summed E-state index contributed by atoms with van der Waals surface area (Å²) in [4.78, 5) is 16.2. The number of sulfone groups is 1.